The Hall–Kier alpha value is -0.770. The molecule has 0 atom stereocenters. The quantitative estimate of drug-likeness (QED) is 0.438. The Bertz CT molecular complexity index is 122. The van der Waals surface area contributed by atoms with E-state index in [0.717, 1.165) is 19.5 Å². The van der Waals surface area contributed by atoms with E-state index < -0.39 is 0 Å². The van der Waals surface area contributed by atoms with E-state index in [4.69, 9.17) is 11.1 Å². The molecule has 0 saturated heterocycles. The van der Waals surface area contributed by atoms with E-state index in [2.05, 4.69) is 4.90 Å². The molecule has 0 fully saturated rings. The fourth-order valence-corrected chi connectivity index (χ4v) is 0.745. The molecular weight excluding hydrogens is 140 g/mol. The number of nitrogens with two attached hydrogens (primary N) is 1. The summed E-state index contributed by atoms with van der Waals surface area (Å²) in [5.74, 6) is 0.142. The number of hydrogen-bond donors (Lipinski definition) is 2. The minimum absolute atomic E-state index is 0.142. The first kappa shape index (κ1) is 10.2. The van der Waals surface area contributed by atoms with Gasteiger partial charge in [-0.1, -0.05) is 0 Å². The van der Waals surface area contributed by atoms with Gasteiger partial charge in [-0.3, -0.25) is 5.41 Å². The lowest BCUT2D eigenvalue weighted by Crippen LogP contribution is -2.34. The fraction of sp³-hybridized carbons (Fsp3) is 0.857. The van der Waals surface area contributed by atoms with Gasteiger partial charge < -0.3 is 15.5 Å². The molecule has 0 aliphatic carbocycles. The number of nitrogens with zero attached hydrogens (tertiary/aromatic N) is 2. The van der Waals surface area contributed by atoms with Gasteiger partial charge >= 0.3 is 0 Å². The van der Waals surface area contributed by atoms with Crippen LogP contribution in [-0.4, -0.2) is 50.0 Å². The van der Waals surface area contributed by atoms with Crippen LogP contribution in [0.3, 0.4) is 0 Å². The molecule has 0 spiro atoms. The highest BCUT2D eigenvalue weighted by atomic mass is 15.2. The van der Waals surface area contributed by atoms with Gasteiger partial charge in [0.15, 0.2) is 5.96 Å². The predicted octanol–water partition coefficient (Wildman–Crippen LogP) is -0.237. The van der Waals surface area contributed by atoms with E-state index in [1.54, 1.807) is 4.90 Å². The fourth-order valence-electron chi connectivity index (χ4n) is 0.745. The zero-order valence-corrected chi connectivity index (χ0v) is 7.59. The highest BCUT2D eigenvalue weighted by molar-refractivity contribution is 5.74. The molecule has 0 radical (unpaired) electrons. The third kappa shape index (κ3) is 5.66. The molecule has 0 unspecified atom stereocenters. The minimum atomic E-state index is 0.142. The molecule has 0 aromatic heterocycles. The van der Waals surface area contributed by atoms with Crippen molar-refractivity contribution in [1.29, 1.82) is 5.41 Å². The van der Waals surface area contributed by atoms with Gasteiger partial charge in [0.1, 0.15) is 0 Å². The van der Waals surface area contributed by atoms with Crippen LogP contribution in [0, 0.1) is 5.41 Å². The summed E-state index contributed by atoms with van der Waals surface area (Å²) in [7, 11) is 5.90. The second-order valence-electron chi connectivity index (χ2n) is 2.96. The first-order valence-corrected chi connectivity index (χ1v) is 3.74. The molecule has 3 N–H and O–H groups in total. The lowest BCUT2D eigenvalue weighted by molar-refractivity contribution is 0.368. The Morgan fingerprint density at radius 1 is 1.27 bits per heavy atom. The third-order valence-electron chi connectivity index (χ3n) is 1.51. The van der Waals surface area contributed by atoms with Crippen LogP contribution >= 0.6 is 0 Å². The monoisotopic (exact) mass is 158 g/mol. The first-order chi connectivity index (χ1) is 5.04. The Labute approximate surface area is 68.5 Å². The normalized spacial score (nSPS) is 10.2. The van der Waals surface area contributed by atoms with Gasteiger partial charge in [-0.15, -0.1) is 0 Å². The smallest absolute Gasteiger partial charge is 0.188 e. The lowest BCUT2D eigenvalue weighted by Gasteiger charge is -2.17. The molecule has 0 saturated carbocycles. The van der Waals surface area contributed by atoms with E-state index in [-0.39, 0.29) is 5.96 Å². The van der Waals surface area contributed by atoms with Gasteiger partial charge in [-0.25, -0.2) is 0 Å². The maximum absolute atomic E-state index is 7.08. The van der Waals surface area contributed by atoms with Gasteiger partial charge in [0, 0.05) is 13.6 Å². The molecule has 0 amide bonds. The number of guanidine groups is 1. The molecule has 0 aliphatic rings. The molecule has 0 heterocycles. The van der Waals surface area contributed by atoms with Gasteiger partial charge in [0.2, 0.25) is 0 Å². The van der Waals surface area contributed by atoms with E-state index in [1.807, 2.05) is 21.1 Å². The van der Waals surface area contributed by atoms with Crippen molar-refractivity contribution in [2.75, 3.05) is 34.2 Å². The molecule has 0 rings (SSSR count). The Kier molecular flexibility index (Phi) is 4.61. The summed E-state index contributed by atoms with van der Waals surface area (Å²) in [6.45, 7) is 1.89. The topological polar surface area (TPSA) is 56.4 Å². The van der Waals surface area contributed by atoms with Gasteiger partial charge in [-0.2, -0.15) is 0 Å². The van der Waals surface area contributed by atoms with Crippen molar-refractivity contribution in [1.82, 2.24) is 9.80 Å². The van der Waals surface area contributed by atoms with Crippen molar-refractivity contribution >= 4 is 5.96 Å². The average Bonchev–Trinajstić information content (AvgIpc) is 1.86. The van der Waals surface area contributed by atoms with Crippen LogP contribution in [-0.2, 0) is 0 Å². The largest absolute Gasteiger partial charge is 0.370 e. The second-order valence-corrected chi connectivity index (χ2v) is 2.96. The van der Waals surface area contributed by atoms with Crippen LogP contribution in [0.4, 0.5) is 0 Å². The van der Waals surface area contributed by atoms with Crippen molar-refractivity contribution in [2.45, 2.75) is 6.42 Å². The van der Waals surface area contributed by atoms with Crippen molar-refractivity contribution in [3.8, 4) is 0 Å². The van der Waals surface area contributed by atoms with E-state index in [1.165, 1.54) is 0 Å². The van der Waals surface area contributed by atoms with Crippen molar-refractivity contribution in [3.05, 3.63) is 0 Å². The predicted molar refractivity (Wildman–Crippen MR) is 47.7 cm³/mol. The maximum atomic E-state index is 7.08. The Morgan fingerprint density at radius 3 is 2.18 bits per heavy atom. The molecule has 0 aromatic carbocycles. The Morgan fingerprint density at radius 2 is 1.82 bits per heavy atom. The first-order valence-electron chi connectivity index (χ1n) is 3.74. The van der Waals surface area contributed by atoms with Crippen LogP contribution in [0.25, 0.3) is 0 Å². The van der Waals surface area contributed by atoms with Crippen LogP contribution in [0.15, 0.2) is 0 Å². The summed E-state index contributed by atoms with van der Waals surface area (Å²) in [5, 5.41) is 7.08. The zero-order valence-electron chi connectivity index (χ0n) is 7.59. The summed E-state index contributed by atoms with van der Waals surface area (Å²) >= 11 is 0. The molecule has 11 heavy (non-hydrogen) atoms. The number of rotatable bonds is 4. The van der Waals surface area contributed by atoms with E-state index >= 15 is 0 Å². The molecule has 0 aromatic rings. The Balaban J connectivity index is 3.31. The molecular formula is C7H18N4. The zero-order chi connectivity index (χ0) is 8.85. The summed E-state index contributed by atoms with van der Waals surface area (Å²) in [4.78, 5) is 3.86. The molecule has 4 nitrogen and oxygen atoms in total. The van der Waals surface area contributed by atoms with Crippen molar-refractivity contribution in [2.24, 2.45) is 5.73 Å². The lowest BCUT2D eigenvalue weighted by atomic mass is 10.4. The van der Waals surface area contributed by atoms with Gasteiger partial charge in [0.25, 0.3) is 0 Å². The van der Waals surface area contributed by atoms with Gasteiger partial charge in [0.05, 0.1) is 0 Å². The maximum Gasteiger partial charge on any atom is 0.188 e. The summed E-state index contributed by atoms with van der Waals surface area (Å²) in [5.41, 5.74) is 5.25. The van der Waals surface area contributed by atoms with E-state index in [9.17, 15) is 0 Å². The summed E-state index contributed by atoms with van der Waals surface area (Å²) in [6.07, 6.45) is 1.04. The number of nitrogens with one attached hydrogen (secondary N) is 1. The molecule has 0 aliphatic heterocycles. The average molecular weight is 158 g/mol. The van der Waals surface area contributed by atoms with Crippen LogP contribution in [0.2, 0.25) is 0 Å². The minimum Gasteiger partial charge on any atom is -0.370 e. The summed E-state index contributed by atoms with van der Waals surface area (Å²) in [6, 6.07) is 0. The third-order valence-corrected chi connectivity index (χ3v) is 1.51. The van der Waals surface area contributed by atoms with Crippen molar-refractivity contribution in [3.63, 3.8) is 0 Å². The number of hydrogen-bond acceptors (Lipinski definition) is 2. The highest BCUT2D eigenvalue weighted by Crippen LogP contribution is 1.87. The SMILES string of the molecule is CN(C)CCCN(C)C(=N)N. The standard InChI is InChI=1S/C7H18N4/c1-10(2)5-4-6-11(3)7(8)9/h4-6H2,1-3H3,(H3,8,9). The molecule has 0 bridgehead atoms. The van der Waals surface area contributed by atoms with Crippen LogP contribution in [0.1, 0.15) is 6.42 Å². The highest BCUT2D eigenvalue weighted by Gasteiger charge is 1.98. The second kappa shape index (κ2) is 4.96. The molecule has 66 valence electrons. The molecule has 4 heteroatoms. The van der Waals surface area contributed by atoms with Crippen molar-refractivity contribution < 1.29 is 0 Å². The van der Waals surface area contributed by atoms with Gasteiger partial charge in [-0.05, 0) is 27.1 Å². The van der Waals surface area contributed by atoms with Crippen LogP contribution in [0.5, 0.6) is 0 Å². The summed E-state index contributed by atoms with van der Waals surface area (Å²) < 4.78 is 0. The van der Waals surface area contributed by atoms with E-state index in [0.29, 0.717) is 0 Å². The van der Waals surface area contributed by atoms with Crippen LogP contribution < -0.4 is 5.73 Å².